The minimum Gasteiger partial charge on any atom is -0.465 e. The van der Waals surface area contributed by atoms with Crippen molar-refractivity contribution in [3.63, 3.8) is 0 Å². The van der Waals surface area contributed by atoms with E-state index in [2.05, 4.69) is 56.2 Å². The van der Waals surface area contributed by atoms with Crippen LogP contribution in [0.2, 0.25) is 0 Å². The molecule has 608 valence electrons. The van der Waals surface area contributed by atoms with E-state index in [-0.39, 0.29) is 113 Å². The van der Waals surface area contributed by atoms with E-state index in [1.807, 2.05) is 91.0 Å². The fraction of sp³-hybridized carbons (Fsp3) is 0.393. The molecule has 12 rings (SSSR count). The Hall–Kier alpha value is -9.12. The Morgan fingerprint density at radius 1 is 0.388 bits per heavy atom. The lowest BCUT2D eigenvalue weighted by Crippen LogP contribution is -2.37. The number of carbonyl (C=O) groups excluding carboxylic acids is 9. The third kappa shape index (κ3) is 21.2. The Morgan fingerprint density at radius 2 is 0.655 bits per heavy atom. The molecule has 9 unspecified atom stereocenters. The number of allylic oxidation sites excluding steroid dienone is 3. The second-order valence-electron chi connectivity index (χ2n) is 30.1. The van der Waals surface area contributed by atoms with Crippen LogP contribution in [0, 0.1) is 23.2 Å². The standard InChI is InChI=1S/C89H93N3O18S6/c1-59(2)77(96)102-44-47-105-80(99)65-23-17-62(18-24-65)53-111-87(71-14-8-11-41-90-71)68-29-35-84(50-68,114-87)38-32-74(93)108-56-83(7,57-109-75(94)33-39-85-36-30-69(51-85)88(115-85,72-15-9-12-42-91-72)112-54-63-19-25-66(26-20-63)81(100)106-48-45-103-78(97)60(3)4)58-110-76(95)34-40-86-37-31-70(52-86)89(116-86,73-16-10-13-43-92-73)113-55-64-21-27-67(28-22-64)82(101)107-49-46-104-79(98)61(5)6/h8-31,35-37,41-43,68-70H,1,3,5,32-34,38-40,44-58H2,2,4,6-7H3. The predicted octanol–water partition coefficient (Wildman–Crippen LogP) is 16.5. The average molecular weight is 1690 g/mol. The number of carbonyl (C=O) groups is 9. The van der Waals surface area contributed by atoms with Gasteiger partial charge in [0.05, 0.1) is 39.2 Å². The summed E-state index contributed by atoms with van der Waals surface area (Å²) >= 11 is 10.6. The van der Waals surface area contributed by atoms with Crippen molar-refractivity contribution in [2.24, 2.45) is 23.2 Å². The van der Waals surface area contributed by atoms with Crippen molar-refractivity contribution in [2.75, 3.05) is 59.5 Å². The van der Waals surface area contributed by atoms with Gasteiger partial charge in [0.25, 0.3) is 0 Å². The van der Waals surface area contributed by atoms with E-state index in [1.54, 1.807) is 153 Å². The Kier molecular flexibility index (Phi) is 28.6. The van der Waals surface area contributed by atoms with Crippen LogP contribution >= 0.6 is 70.6 Å². The van der Waals surface area contributed by atoms with E-state index in [9.17, 15) is 43.2 Å². The first kappa shape index (κ1) is 86.2. The molecule has 3 aromatic heterocycles. The zero-order chi connectivity index (χ0) is 82.1. The lowest BCUT2D eigenvalue weighted by atomic mass is 9.93. The van der Waals surface area contributed by atoms with Crippen molar-refractivity contribution in [1.29, 1.82) is 0 Å². The van der Waals surface area contributed by atoms with Crippen LogP contribution < -0.4 is 0 Å². The molecule has 6 aromatic rings. The van der Waals surface area contributed by atoms with Crippen LogP contribution in [0.1, 0.15) is 150 Å². The maximum absolute atomic E-state index is 14.3. The average Bonchev–Trinajstić information content (AvgIpc) is 1.58. The summed E-state index contributed by atoms with van der Waals surface area (Å²) in [7, 11) is 0. The second kappa shape index (κ2) is 38.5. The van der Waals surface area contributed by atoms with Crippen LogP contribution in [0.25, 0.3) is 0 Å². The van der Waals surface area contributed by atoms with E-state index in [0.29, 0.717) is 53.2 Å². The lowest BCUT2D eigenvalue weighted by molar-refractivity contribution is -0.161. The quantitative estimate of drug-likeness (QED) is 0.0113. The molecule has 0 amide bonds. The number of fused-ring (bicyclic) bond motifs is 6. The minimum absolute atomic E-state index is 0.0686. The van der Waals surface area contributed by atoms with Crippen molar-refractivity contribution in [3.05, 3.63) is 269 Å². The first-order chi connectivity index (χ1) is 55.7. The number of hydrogen-bond donors (Lipinski definition) is 0. The monoisotopic (exact) mass is 1680 g/mol. The topological polar surface area (TPSA) is 275 Å². The number of aromatic nitrogens is 3. The zero-order valence-electron chi connectivity index (χ0n) is 65.2. The molecular formula is C89H93N3O18S6. The molecule has 0 N–H and O–H groups in total. The molecular weight excluding hydrogens is 1590 g/mol. The van der Waals surface area contributed by atoms with E-state index >= 15 is 0 Å². The van der Waals surface area contributed by atoms with Gasteiger partial charge in [-0.2, -0.15) is 0 Å². The summed E-state index contributed by atoms with van der Waals surface area (Å²) < 4.78 is 47.0. The summed E-state index contributed by atoms with van der Waals surface area (Å²) in [6.07, 6.45) is 22.6. The maximum Gasteiger partial charge on any atom is 0.338 e. The molecule has 0 spiro atoms. The second-order valence-corrected chi connectivity index (χ2v) is 39.5. The van der Waals surface area contributed by atoms with Gasteiger partial charge in [0.1, 0.15) is 71.7 Å². The number of benzene rings is 3. The van der Waals surface area contributed by atoms with Gasteiger partial charge in [-0.25, -0.2) is 28.8 Å². The van der Waals surface area contributed by atoms with Crippen LogP contribution in [0.15, 0.2) is 219 Å². The van der Waals surface area contributed by atoms with E-state index in [0.717, 1.165) is 53.0 Å². The number of thioether (sulfide) groups is 6. The molecule has 3 aliphatic heterocycles. The molecule has 3 aliphatic carbocycles. The Balaban J connectivity index is 0.686. The summed E-state index contributed by atoms with van der Waals surface area (Å²) in [6.45, 7) is 15.9. The van der Waals surface area contributed by atoms with Crippen LogP contribution in [0.3, 0.4) is 0 Å². The summed E-state index contributed by atoms with van der Waals surface area (Å²) in [5.74, 6) is -2.68. The predicted molar refractivity (Wildman–Crippen MR) is 451 cm³/mol. The van der Waals surface area contributed by atoms with Gasteiger partial charge in [-0.05, 0) is 156 Å². The summed E-state index contributed by atoms with van der Waals surface area (Å²) in [5, 5.41) is 0. The smallest absolute Gasteiger partial charge is 0.338 e. The number of esters is 9. The molecule has 6 aliphatic rings. The normalized spacial score (nSPS) is 23.8. The molecule has 9 atom stereocenters. The number of hydrogen-bond acceptors (Lipinski definition) is 27. The highest BCUT2D eigenvalue weighted by molar-refractivity contribution is 8.19. The van der Waals surface area contributed by atoms with Gasteiger partial charge >= 0.3 is 53.7 Å². The minimum atomic E-state index is -1.17. The first-order valence-electron chi connectivity index (χ1n) is 38.3. The first-order valence-corrected chi connectivity index (χ1v) is 43.7. The van der Waals surface area contributed by atoms with E-state index in [4.69, 9.17) is 57.6 Å². The molecule has 0 saturated carbocycles. The van der Waals surface area contributed by atoms with Gasteiger partial charge in [0, 0.05) is 104 Å². The molecule has 21 nitrogen and oxygen atoms in total. The van der Waals surface area contributed by atoms with Gasteiger partial charge in [-0.3, -0.25) is 29.3 Å². The summed E-state index contributed by atoms with van der Waals surface area (Å²) in [5.41, 5.74) is 6.32. The van der Waals surface area contributed by atoms with E-state index < -0.39 is 85.6 Å². The highest BCUT2D eigenvalue weighted by Crippen LogP contribution is 2.72. The Bertz CT molecular complexity index is 4260. The van der Waals surface area contributed by atoms with Gasteiger partial charge in [0.15, 0.2) is 0 Å². The Labute approximate surface area is 701 Å². The van der Waals surface area contributed by atoms with Gasteiger partial charge in [-0.15, -0.1) is 70.6 Å². The Morgan fingerprint density at radius 3 is 0.905 bits per heavy atom. The summed E-state index contributed by atoms with van der Waals surface area (Å²) in [6, 6.07) is 39.4. The molecule has 3 saturated heterocycles. The molecule has 6 heterocycles. The molecule has 3 aromatic carbocycles. The molecule has 116 heavy (non-hydrogen) atoms. The van der Waals surface area contributed by atoms with Crippen LogP contribution in [-0.4, -0.2) is 142 Å². The molecule has 0 radical (unpaired) electrons. The number of nitrogens with zero attached hydrogens (tertiary/aromatic N) is 3. The SMILES string of the molecule is C=C(C)C(=O)OCCOC(=O)c1ccc(CSC2(c3ccccn3)SC3(CCC(=O)OCC(C)(COC(=O)CCC45C=CC(C4)C(SCc4ccc(C(=O)OCCOC(=O)C(=C)C)cc4)(c4ccccn4)S5)COC(=O)CCC45C=CC(C4)C(SCc4ccc(C(=O)OCCOC(=O)C(=C)C)cc4)(c4ccccn4)S5)C=CC2C3)cc1. The van der Waals surface area contributed by atoms with E-state index in [1.165, 1.54) is 0 Å². The lowest BCUT2D eigenvalue weighted by Gasteiger charge is -2.36. The van der Waals surface area contributed by atoms with Crippen LogP contribution in [0.4, 0.5) is 0 Å². The van der Waals surface area contributed by atoms with Gasteiger partial charge in [-0.1, -0.05) is 111 Å². The van der Waals surface area contributed by atoms with Gasteiger partial charge in [0.2, 0.25) is 0 Å². The third-order valence-electron chi connectivity index (χ3n) is 20.8. The molecule has 3 fully saturated rings. The maximum atomic E-state index is 14.3. The van der Waals surface area contributed by atoms with Crippen LogP contribution in [0.5, 0.6) is 0 Å². The third-order valence-corrected chi connectivity index (χ3v) is 32.1. The highest BCUT2D eigenvalue weighted by Gasteiger charge is 2.61. The number of rotatable bonds is 42. The van der Waals surface area contributed by atoms with Crippen molar-refractivity contribution in [3.8, 4) is 0 Å². The van der Waals surface area contributed by atoms with Crippen molar-refractivity contribution in [2.45, 2.75) is 129 Å². The van der Waals surface area contributed by atoms with Gasteiger partial charge < -0.3 is 42.6 Å². The van der Waals surface area contributed by atoms with Crippen molar-refractivity contribution < 1.29 is 85.8 Å². The fourth-order valence-corrected chi connectivity index (χ4v) is 26.2. The number of pyridine rings is 3. The fourth-order valence-electron chi connectivity index (χ4n) is 14.6. The highest BCUT2D eigenvalue weighted by atomic mass is 32.2. The van der Waals surface area contributed by atoms with Crippen LogP contribution in [-0.2, 0) is 101 Å². The zero-order valence-corrected chi connectivity index (χ0v) is 70.1. The largest absolute Gasteiger partial charge is 0.465 e. The summed E-state index contributed by atoms with van der Waals surface area (Å²) in [4.78, 5) is 132. The van der Waals surface area contributed by atoms with Crippen molar-refractivity contribution >= 4 is 124 Å². The van der Waals surface area contributed by atoms with Crippen molar-refractivity contribution in [1.82, 2.24) is 15.0 Å². The molecule has 27 heteroatoms. The molecule has 6 bridgehead atoms. The number of ether oxygens (including phenoxy) is 9.